The van der Waals surface area contributed by atoms with Crippen LogP contribution in [0.15, 0.2) is 0 Å². The highest BCUT2D eigenvalue weighted by atomic mass is 16.7. The van der Waals surface area contributed by atoms with Crippen molar-refractivity contribution < 1.29 is 14.3 Å². The maximum absolute atomic E-state index is 11.5. The third-order valence-corrected chi connectivity index (χ3v) is 3.12. The average molecular weight is 198 g/mol. The van der Waals surface area contributed by atoms with Crippen LogP contribution in [0.25, 0.3) is 0 Å². The fraction of sp³-hybridized carbons (Fsp3) is 0.909. The van der Waals surface area contributed by atoms with Crippen LogP contribution in [-0.4, -0.2) is 25.3 Å². The summed E-state index contributed by atoms with van der Waals surface area (Å²) in [6.45, 7) is 1.42. The lowest BCUT2D eigenvalue weighted by Gasteiger charge is -2.21. The highest BCUT2D eigenvalue weighted by Gasteiger charge is 2.24. The quantitative estimate of drug-likeness (QED) is 0.694. The van der Waals surface area contributed by atoms with Crippen LogP contribution in [0.4, 0.5) is 0 Å². The molecule has 80 valence electrons. The zero-order chi connectivity index (χ0) is 9.80. The second-order valence-corrected chi connectivity index (χ2v) is 4.16. The number of Topliss-reactive ketones (excluding diaryl/α,β-unsaturated/α-hetero) is 1. The molecular weight excluding hydrogens is 180 g/mol. The Labute approximate surface area is 84.8 Å². The van der Waals surface area contributed by atoms with Crippen molar-refractivity contribution in [1.29, 1.82) is 0 Å². The predicted molar refractivity (Wildman–Crippen MR) is 51.9 cm³/mol. The molecule has 14 heavy (non-hydrogen) atoms. The van der Waals surface area contributed by atoms with Crippen molar-refractivity contribution in [2.24, 2.45) is 5.92 Å². The maximum Gasteiger partial charge on any atom is 0.157 e. The van der Waals surface area contributed by atoms with E-state index in [1.54, 1.807) is 0 Å². The fourth-order valence-electron chi connectivity index (χ4n) is 2.27. The largest absolute Gasteiger partial charge is 0.350 e. The van der Waals surface area contributed by atoms with Crippen LogP contribution in [0.2, 0.25) is 0 Å². The molecule has 2 aliphatic rings. The minimum absolute atomic E-state index is 0.0373. The normalized spacial score (nSPS) is 29.7. The van der Waals surface area contributed by atoms with Gasteiger partial charge in [0.1, 0.15) is 5.78 Å². The number of carbonyl (C=O) groups is 1. The molecule has 0 aromatic heterocycles. The van der Waals surface area contributed by atoms with Crippen LogP contribution < -0.4 is 0 Å². The van der Waals surface area contributed by atoms with Gasteiger partial charge in [0, 0.05) is 12.3 Å². The van der Waals surface area contributed by atoms with Crippen molar-refractivity contribution in [3.05, 3.63) is 0 Å². The first-order chi connectivity index (χ1) is 6.86. The molecule has 1 atom stereocenters. The van der Waals surface area contributed by atoms with E-state index in [2.05, 4.69) is 0 Å². The van der Waals surface area contributed by atoms with E-state index in [1.165, 1.54) is 6.42 Å². The topological polar surface area (TPSA) is 35.5 Å². The summed E-state index contributed by atoms with van der Waals surface area (Å²) in [6, 6.07) is 0. The summed E-state index contributed by atoms with van der Waals surface area (Å²) in [5.74, 6) is 0.741. The van der Waals surface area contributed by atoms with Gasteiger partial charge in [0.05, 0.1) is 13.2 Å². The Morgan fingerprint density at radius 2 is 1.93 bits per heavy atom. The molecule has 0 N–H and O–H groups in total. The lowest BCUT2D eigenvalue weighted by Crippen LogP contribution is -2.21. The van der Waals surface area contributed by atoms with Crippen LogP contribution in [0.5, 0.6) is 0 Å². The van der Waals surface area contributed by atoms with E-state index in [-0.39, 0.29) is 12.2 Å². The van der Waals surface area contributed by atoms with E-state index in [0.29, 0.717) is 19.0 Å². The number of rotatable bonds is 3. The Kier molecular flexibility index (Phi) is 3.54. The summed E-state index contributed by atoms with van der Waals surface area (Å²) < 4.78 is 10.7. The Morgan fingerprint density at radius 3 is 2.64 bits per heavy atom. The lowest BCUT2D eigenvalue weighted by atomic mass is 9.85. The van der Waals surface area contributed by atoms with E-state index in [9.17, 15) is 4.79 Å². The predicted octanol–water partition coefficient (Wildman–Crippen LogP) is 1.90. The molecule has 1 saturated heterocycles. The highest BCUT2D eigenvalue weighted by molar-refractivity contribution is 5.81. The van der Waals surface area contributed by atoms with Gasteiger partial charge < -0.3 is 9.47 Å². The van der Waals surface area contributed by atoms with Crippen molar-refractivity contribution in [2.45, 2.75) is 44.8 Å². The third-order valence-electron chi connectivity index (χ3n) is 3.12. The second kappa shape index (κ2) is 4.89. The van der Waals surface area contributed by atoms with Crippen molar-refractivity contribution in [3.8, 4) is 0 Å². The monoisotopic (exact) mass is 198 g/mol. The third kappa shape index (κ3) is 2.55. The Hall–Kier alpha value is -0.410. The van der Waals surface area contributed by atoms with Gasteiger partial charge in [-0.05, 0) is 25.7 Å². The SMILES string of the molecule is O=C1CCCCC1CCC1OCCO1. The molecule has 2 fully saturated rings. The first-order valence-electron chi connectivity index (χ1n) is 5.62. The van der Waals surface area contributed by atoms with Gasteiger partial charge in [-0.3, -0.25) is 4.79 Å². The zero-order valence-electron chi connectivity index (χ0n) is 8.54. The smallest absolute Gasteiger partial charge is 0.157 e. The van der Waals surface area contributed by atoms with Gasteiger partial charge in [0.2, 0.25) is 0 Å². The van der Waals surface area contributed by atoms with Gasteiger partial charge in [-0.1, -0.05) is 6.42 Å². The van der Waals surface area contributed by atoms with Crippen LogP contribution in [0, 0.1) is 5.92 Å². The first-order valence-corrected chi connectivity index (χ1v) is 5.62. The molecule has 0 spiro atoms. The van der Waals surface area contributed by atoms with Crippen molar-refractivity contribution in [2.75, 3.05) is 13.2 Å². The Balaban J connectivity index is 1.70. The average Bonchev–Trinajstić information content (AvgIpc) is 2.69. The number of hydrogen-bond acceptors (Lipinski definition) is 3. The Bertz CT molecular complexity index is 197. The second-order valence-electron chi connectivity index (χ2n) is 4.16. The van der Waals surface area contributed by atoms with E-state index in [4.69, 9.17) is 9.47 Å². The molecule has 0 bridgehead atoms. The summed E-state index contributed by atoms with van der Waals surface area (Å²) in [5.41, 5.74) is 0. The van der Waals surface area contributed by atoms with Gasteiger partial charge in [0.25, 0.3) is 0 Å². The molecule has 0 radical (unpaired) electrons. The summed E-state index contributed by atoms with van der Waals surface area (Å²) in [7, 11) is 0. The van der Waals surface area contributed by atoms with Crippen LogP contribution in [0.3, 0.4) is 0 Å². The van der Waals surface area contributed by atoms with Gasteiger partial charge in [-0.15, -0.1) is 0 Å². The number of ether oxygens (including phenoxy) is 2. The lowest BCUT2D eigenvalue weighted by molar-refractivity contribution is -0.125. The summed E-state index contributed by atoms with van der Waals surface area (Å²) in [4.78, 5) is 11.5. The molecule has 3 nitrogen and oxygen atoms in total. The minimum Gasteiger partial charge on any atom is -0.350 e. The first kappa shape index (κ1) is 10.1. The minimum atomic E-state index is -0.0373. The molecular formula is C11H18O3. The number of hydrogen-bond donors (Lipinski definition) is 0. The molecule has 0 aromatic carbocycles. The van der Waals surface area contributed by atoms with Gasteiger partial charge >= 0.3 is 0 Å². The summed E-state index contributed by atoms with van der Waals surface area (Å²) >= 11 is 0. The highest BCUT2D eigenvalue weighted by Crippen LogP contribution is 2.26. The molecule has 3 heteroatoms. The molecule has 1 aliphatic heterocycles. The van der Waals surface area contributed by atoms with E-state index < -0.39 is 0 Å². The number of carbonyl (C=O) groups excluding carboxylic acids is 1. The molecule has 0 aromatic rings. The molecule has 1 saturated carbocycles. The van der Waals surface area contributed by atoms with E-state index in [0.717, 1.165) is 32.1 Å². The van der Waals surface area contributed by atoms with Crippen LogP contribution in [0.1, 0.15) is 38.5 Å². The van der Waals surface area contributed by atoms with Crippen molar-refractivity contribution in [3.63, 3.8) is 0 Å². The molecule has 1 heterocycles. The summed E-state index contributed by atoms with van der Waals surface area (Å²) in [5, 5.41) is 0. The van der Waals surface area contributed by atoms with Gasteiger partial charge in [-0.2, -0.15) is 0 Å². The Morgan fingerprint density at radius 1 is 1.14 bits per heavy atom. The van der Waals surface area contributed by atoms with Gasteiger partial charge in [-0.25, -0.2) is 0 Å². The van der Waals surface area contributed by atoms with E-state index in [1.807, 2.05) is 0 Å². The summed E-state index contributed by atoms with van der Waals surface area (Å²) in [6.07, 6.45) is 5.96. The van der Waals surface area contributed by atoms with Crippen molar-refractivity contribution >= 4 is 5.78 Å². The standard InChI is InChI=1S/C11H18O3/c12-10-4-2-1-3-9(10)5-6-11-13-7-8-14-11/h9,11H,1-8H2. The molecule has 1 aliphatic carbocycles. The van der Waals surface area contributed by atoms with Gasteiger partial charge in [0.15, 0.2) is 6.29 Å². The molecule has 1 unspecified atom stereocenters. The molecule has 2 rings (SSSR count). The van der Waals surface area contributed by atoms with Crippen molar-refractivity contribution in [1.82, 2.24) is 0 Å². The van der Waals surface area contributed by atoms with Crippen LogP contribution in [-0.2, 0) is 14.3 Å². The maximum atomic E-state index is 11.5. The fourth-order valence-corrected chi connectivity index (χ4v) is 2.27. The molecule has 0 amide bonds. The van der Waals surface area contributed by atoms with E-state index >= 15 is 0 Å². The zero-order valence-corrected chi connectivity index (χ0v) is 8.54. The number of ketones is 1. The van der Waals surface area contributed by atoms with Crippen LogP contribution >= 0.6 is 0 Å².